The van der Waals surface area contributed by atoms with Gasteiger partial charge in [0.25, 0.3) is 0 Å². The largest absolute Gasteiger partial charge is 0.490 e. The van der Waals surface area contributed by atoms with Crippen molar-refractivity contribution in [2.75, 3.05) is 19.0 Å². The molecule has 25 heavy (non-hydrogen) atoms. The van der Waals surface area contributed by atoms with Crippen LogP contribution in [0.1, 0.15) is 24.4 Å². The third kappa shape index (κ3) is 3.49. The van der Waals surface area contributed by atoms with E-state index in [1.807, 2.05) is 24.3 Å². The van der Waals surface area contributed by atoms with E-state index >= 15 is 0 Å². The highest BCUT2D eigenvalue weighted by Crippen LogP contribution is 2.37. The molecule has 0 unspecified atom stereocenters. The highest BCUT2D eigenvalue weighted by atomic mass is 32.2. The van der Waals surface area contributed by atoms with Crippen LogP contribution in [0.5, 0.6) is 11.5 Å². The van der Waals surface area contributed by atoms with Crippen LogP contribution >= 0.6 is 11.8 Å². The summed E-state index contributed by atoms with van der Waals surface area (Å²) in [5.74, 6) is 1.97. The zero-order valence-electron chi connectivity index (χ0n) is 13.6. The number of sulfonamides is 1. The number of benzene rings is 2. The highest BCUT2D eigenvalue weighted by molar-refractivity contribution is 7.99. The summed E-state index contributed by atoms with van der Waals surface area (Å²) in [4.78, 5) is 1.34. The minimum atomic E-state index is -3.64. The van der Waals surface area contributed by atoms with Crippen molar-refractivity contribution in [2.45, 2.75) is 28.7 Å². The van der Waals surface area contributed by atoms with Crippen molar-refractivity contribution < 1.29 is 17.9 Å². The molecule has 2 heterocycles. The van der Waals surface area contributed by atoms with E-state index in [-0.39, 0.29) is 10.9 Å². The predicted molar refractivity (Wildman–Crippen MR) is 96.9 cm³/mol. The Bertz CT molecular complexity index is 882. The van der Waals surface area contributed by atoms with Crippen molar-refractivity contribution in [1.82, 2.24) is 4.72 Å². The first-order valence-electron chi connectivity index (χ1n) is 8.27. The van der Waals surface area contributed by atoms with E-state index in [0.717, 1.165) is 29.1 Å². The van der Waals surface area contributed by atoms with E-state index in [1.54, 1.807) is 30.0 Å². The number of hydrogen-bond acceptors (Lipinski definition) is 5. The molecule has 0 aliphatic carbocycles. The fourth-order valence-electron chi connectivity index (χ4n) is 3.03. The summed E-state index contributed by atoms with van der Waals surface area (Å²) in [5, 5.41) is 0. The molecule has 0 saturated heterocycles. The molecule has 2 aliphatic rings. The number of rotatable bonds is 3. The van der Waals surface area contributed by atoms with Gasteiger partial charge in [-0.15, -0.1) is 11.8 Å². The topological polar surface area (TPSA) is 64.6 Å². The van der Waals surface area contributed by atoms with Gasteiger partial charge in [0.2, 0.25) is 10.0 Å². The summed E-state index contributed by atoms with van der Waals surface area (Å²) in [6, 6.07) is 12.5. The van der Waals surface area contributed by atoms with E-state index in [4.69, 9.17) is 9.47 Å². The van der Waals surface area contributed by atoms with Crippen molar-refractivity contribution in [3.8, 4) is 11.5 Å². The number of ether oxygens (including phenoxy) is 2. The van der Waals surface area contributed by atoms with E-state index in [2.05, 4.69) is 4.72 Å². The van der Waals surface area contributed by atoms with E-state index in [9.17, 15) is 8.42 Å². The van der Waals surface area contributed by atoms with Crippen molar-refractivity contribution in [3.63, 3.8) is 0 Å². The maximum Gasteiger partial charge on any atom is 0.241 e. The minimum absolute atomic E-state index is 0.201. The number of fused-ring (bicyclic) bond motifs is 2. The van der Waals surface area contributed by atoms with Gasteiger partial charge in [0.15, 0.2) is 11.5 Å². The molecule has 0 fully saturated rings. The summed E-state index contributed by atoms with van der Waals surface area (Å²) in [7, 11) is -3.64. The lowest BCUT2D eigenvalue weighted by Gasteiger charge is -2.25. The van der Waals surface area contributed by atoms with Gasteiger partial charge >= 0.3 is 0 Å². The Morgan fingerprint density at radius 2 is 1.84 bits per heavy atom. The van der Waals surface area contributed by atoms with Crippen LogP contribution in [-0.2, 0) is 10.0 Å². The summed E-state index contributed by atoms with van der Waals surface area (Å²) in [5.41, 5.74) is 1.04. The summed E-state index contributed by atoms with van der Waals surface area (Å²) >= 11 is 1.76. The van der Waals surface area contributed by atoms with E-state index in [1.165, 1.54) is 0 Å². The third-order valence-electron chi connectivity index (χ3n) is 4.29. The van der Waals surface area contributed by atoms with Crippen molar-refractivity contribution in [1.29, 1.82) is 0 Å². The van der Waals surface area contributed by atoms with E-state index in [0.29, 0.717) is 24.7 Å². The minimum Gasteiger partial charge on any atom is -0.490 e. The fourth-order valence-corrected chi connectivity index (χ4v) is 5.42. The average molecular weight is 377 g/mol. The molecule has 0 aromatic heterocycles. The smallest absolute Gasteiger partial charge is 0.241 e. The molecule has 0 saturated carbocycles. The molecule has 7 heteroatoms. The van der Waals surface area contributed by atoms with Gasteiger partial charge in [-0.25, -0.2) is 13.1 Å². The number of nitrogens with one attached hydrogen (secondary N) is 1. The van der Waals surface area contributed by atoms with Crippen LogP contribution in [0.4, 0.5) is 0 Å². The number of hydrogen-bond donors (Lipinski definition) is 1. The Morgan fingerprint density at radius 1 is 1.04 bits per heavy atom. The van der Waals surface area contributed by atoms with Gasteiger partial charge in [-0.05, 0) is 35.9 Å². The molecule has 0 radical (unpaired) electrons. The van der Waals surface area contributed by atoms with E-state index < -0.39 is 10.0 Å². The molecule has 132 valence electrons. The summed E-state index contributed by atoms with van der Waals surface area (Å²) < 4.78 is 39.8. The highest BCUT2D eigenvalue weighted by Gasteiger charge is 2.27. The predicted octanol–water partition coefficient (Wildman–Crippen LogP) is 3.36. The summed E-state index contributed by atoms with van der Waals surface area (Å²) in [6.07, 6.45) is 1.55. The number of thioether (sulfide) groups is 1. The lowest BCUT2D eigenvalue weighted by molar-refractivity contribution is 0.297. The summed E-state index contributed by atoms with van der Waals surface area (Å²) in [6.45, 7) is 1.10. The van der Waals surface area contributed by atoms with Gasteiger partial charge < -0.3 is 9.47 Å². The molecule has 2 aromatic rings. The molecule has 2 aromatic carbocycles. The van der Waals surface area contributed by atoms with Gasteiger partial charge in [0, 0.05) is 23.4 Å². The fraction of sp³-hybridized carbons (Fsp3) is 0.333. The van der Waals surface area contributed by atoms with Gasteiger partial charge in [-0.3, -0.25) is 0 Å². The SMILES string of the molecule is O=S(=O)(N[C@H]1CCSc2ccccc21)c1ccc2c(c1)OCCCO2. The lowest BCUT2D eigenvalue weighted by Crippen LogP contribution is -2.30. The Labute approximate surface area is 151 Å². The first-order valence-corrected chi connectivity index (χ1v) is 10.7. The quantitative estimate of drug-likeness (QED) is 0.889. The Kier molecular flexibility index (Phi) is 4.62. The normalized spacial score (nSPS) is 19.8. The third-order valence-corrected chi connectivity index (χ3v) is 6.88. The Hall–Kier alpha value is -1.70. The molecule has 0 bridgehead atoms. The van der Waals surface area contributed by atoms with Crippen LogP contribution in [0.25, 0.3) is 0 Å². The maximum absolute atomic E-state index is 12.9. The second-order valence-electron chi connectivity index (χ2n) is 6.01. The molecular weight excluding hydrogens is 358 g/mol. The molecule has 2 aliphatic heterocycles. The zero-order chi connectivity index (χ0) is 17.3. The van der Waals surface area contributed by atoms with Crippen LogP contribution in [-0.4, -0.2) is 27.4 Å². The molecule has 5 nitrogen and oxygen atoms in total. The van der Waals surface area contributed by atoms with Crippen LogP contribution in [0.15, 0.2) is 52.3 Å². The van der Waals surface area contributed by atoms with Crippen LogP contribution < -0.4 is 14.2 Å². The molecule has 0 spiro atoms. The molecular formula is C18H19NO4S2. The molecule has 4 rings (SSSR count). The Balaban J connectivity index is 1.62. The van der Waals surface area contributed by atoms with Crippen molar-refractivity contribution in [2.24, 2.45) is 0 Å². The second-order valence-corrected chi connectivity index (χ2v) is 8.86. The van der Waals surface area contributed by atoms with Gasteiger partial charge in [-0.2, -0.15) is 0 Å². The molecule has 0 amide bonds. The monoisotopic (exact) mass is 377 g/mol. The van der Waals surface area contributed by atoms with Crippen LogP contribution in [0.3, 0.4) is 0 Å². The Morgan fingerprint density at radius 3 is 2.72 bits per heavy atom. The maximum atomic E-state index is 12.9. The molecule has 1 atom stereocenters. The van der Waals surface area contributed by atoms with Gasteiger partial charge in [0.1, 0.15) is 0 Å². The molecule has 1 N–H and O–H groups in total. The lowest BCUT2D eigenvalue weighted by atomic mass is 10.1. The van der Waals surface area contributed by atoms with Crippen LogP contribution in [0, 0.1) is 0 Å². The zero-order valence-corrected chi connectivity index (χ0v) is 15.2. The van der Waals surface area contributed by atoms with Crippen molar-refractivity contribution >= 4 is 21.8 Å². The van der Waals surface area contributed by atoms with Gasteiger partial charge in [0.05, 0.1) is 18.1 Å². The standard InChI is InChI=1S/C18H19NO4S2/c20-25(21,13-6-7-16-17(12-13)23-10-3-9-22-16)19-15-8-11-24-18-5-2-1-4-14(15)18/h1-2,4-7,12,15,19H,3,8-11H2/t15-/m0/s1. The average Bonchev–Trinajstić information content (AvgIpc) is 2.86. The second kappa shape index (κ2) is 6.90. The van der Waals surface area contributed by atoms with Gasteiger partial charge in [-0.1, -0.05) is 18.2 Å². The first kappa shape index (κ1) is 16.8. The first-order chi connectivity index (χ1) is 12.1. The van der Waals surface area contributed by atoms with Crippen molar-refractivity contribution in [3.05, 3.63) is 48.0 Å². The van der Waals surface area contributed by atoms with Crippen LogP contribution in [0.2, 0.25) is 0 Å².